The number of rotatable bonds is 40. The van der Waals surface area contributed by atoms with Gasteiger partial charge in [0.15, 0.2) is 6.04 Å². The lowest BCUT2D eigenvalue weighted by atomic mass is 10.0. The molecular weight excluding hydrogens is 757 g/mol. The second-order valence-electron chi connectivity index (χ2n) is 14.7. The highest BCUT2D eigenvalue weighted by Gasteiger charge is 2.29. The minimum absolute atomic E-state index is 0.132. The van der Waals surface area contributed by atoms with Crippen LogP contribution in [0.1, 0.15) is 168 Å². The van der Waals surface area contributed by atoms with E-state index in [1.54, 1.807) is 18.2 Å². The molecule has 3 atom stereocenters. The number of hydrogen-bond acceptors (Lipinski definition) is 8. The van der Waals surface area contributed by atoms with Crippen LogP contribution in [0.25, 0.3) is 0 Å². The molecule has 11 nitrogen and oxygen atoms in total. The molecule has 0 aromatic heterocycles. The van der Waals surface area contributed by atoms with Crippen LogP contribution in [-0.4, -0.2) is 64.9 Å². The standard InChI is InChI=1S/C46H78NO10P/c1-3-5-7-9-11-13-15-17-19-20-21-22-24-26-28-30-32-34-36-38-45(50)57-42(39-48)40-55-58(53,54)56-41-43(46(51)52)47-44(49)37-35-33-31-29-27-25-23-18-16-14-12-10-8-6-4-2/h19-22,24,26,28,30,32,34,36,38,42-43,48H,3-18,23,25,27,29,31,33,35,37,39-41H2,1-2H3,(H,47,49)(H,51,52)(H,53,54)/t42-,43+/m1/s1. The Bertz CT molecular complexity index is 1260. The summed E-state index contributed by atoms with van der Waals surface area (Å²) >= 11 is 0. The summed E-state index contributed by atoms with van der Waals surface area (Å²) in [6, 6.07) is -1.57. The number of carbonyl (C=O) groups excluding carboxylic acids is 2. The van der Waals surface area contributed by atoms with Crippen LogP contribution in [0.4, 0.5) is 0 Å². The van der Waals surface area contributed by atoms with Gasteiger partial charge in [-0.1, -0.05) is 209 Å². The number of carbonyl (C=O) groups is 3. The molecule has 0 bridgehead atoms. The number of aliphatic hydroxyl groups is 1. The van der Waals surface area contributed by atoms with Gasteiger partial charge in [-0.3, -0.25) is 13.8 Å². The number of nitrogens with one attached hydrogen (secondary N) is 1. The summed E-state index contributed by atoms with van der Waals surface area (Å²) in [5.74, 6) is -2.76. The topological polar surface area (TPSA) is 169 Å². The molecule has 0 spiro atoms. The summed E-state index contributed by atoms with van der Waals surface area (Å²) < 4.78 is 27.0. The molecule has 0 aliphatic rings. The van der Waals surface area contributed by atoms with Crippen molar-refractivity contribution in [1.29, 1.82) is 0 Å². The number of carboxylic acids is 1. The Balaban J connectivity index is 4.23. The van der Waals surface area contributed by atoms with Gasteiger partial charge in [0.05, 0.1) is 19.8 Å². The molecule has 332 valence electrons. The summed E-state index contributed by atoms with van der Waals surface area (Å²) in [5, 5.41) is 21.3. The van der Waals surface area contributed by atoms with Crippen LogP contribution >= 0.6 is 7.82 Å². The van der Waals surface area contributed by atoms with Crippen LogP contribution in [0, 0.1) is 0 Å². The summed E-state index contributed by atoms with van der Waals surface area (Å²) in [5.41, 5.74) is 0. The van der Waals surface area contributed by atoms with Crippen LogP contribution in [0.3, 0.4) is 0 Å². The number of aliphatic hydroxyl groups excluding tert-OH is 1. The smallest absolute Gasteiger partial charge is 0.472 e. The molecule has 0 saturated heterocycles. The number of allylic oxidation sites excluding steroid dienone is 11. The number of unbranched alkanes of at least 4 members (excludes halogenated alkanes) is 21. The van der Waals surface area contributed by atoms with E-state index in [9.17, 15) is 34.1 Å². The molecule has 0 aromatic rings. The highest BCUT2D eigenvalue weighted by atomic mass is 31.2. The zero-order valence-electron chi connectivity index (χ0n) is 35.8. The molecule has 0 rings (SSSR count). The summed E-state index contributed by atoms with van der Waals surface area (Å²) in [6.07, 6.45) is 48.4. The van der Waals surface area contributed by atoms with Crippen molar-refractivity contribution in [3.05, 3.63) is 72.9 Å². The Labute approximate surface area is 350 Å². The first-order valence-electron chi connectivity index (χ1n) is 22.1. The van der Waals surface area contributed by atoms with Crippen molar-refractivity contribution in [2.24, 2.45) is 0 Å². The molecule has 0 fully saturated rings. The van der Waals surface area contributed by atoms with Gasteiger partial charge in [0, 0.05) is 12.5 Å². The minimum atomic E-state index is -4.82. The van der Waals surface area contributed by atoms with Gasteiger partial charge in [0.2, 0.25) is 5.91 Å². The molecule has 4 N–H and O–H groups in total. The van der Waals surface area contributed by atoms with Gasteiger partial charge >= 0.3 is 19.8 Å². The van der Waals surface area contributed by atoms with Crippen molar-refractivity contribution in [1.82, 2.24) is 5.32 Å². The number of amides is 1. The molecule has 0 aromatic carbocycles. The van der Waals surface area contributed by atoms with Crippen molar-refractivity contribution >= 4 is 25.7 Å². The molecule has 0 aliphatic heterocycles. The van der Waals surface area contributed by atoms with Gasteiger partial charge in [-0.05, 0) is 19.3 Å². The molecule has 0 saturated carbocycles. The zero-order chi connectivity index (χ0) is 42.8. The Morgan fingerprint density at radius 1 is 0.586 bits per heavy atom. The summed E-state index contributed by atoms with van der Waals surface area (Å²) in [6.45, 7) is 2.24. The average molecular weight is 836 g/mol. The molecular formula is C46H78NO10P. The van der Waals surface area contributed by atoms with E-state index in [1.807, 2.05) is 30.4 Å². The first-order valence-corrected chi connectivity index (χ1v) is 23.6. The lowest BCUT2D eigenvalue weighted by Crippen LogP contribution is -2.43. The molecule has 1 unspecified atom stereocenters. The van der Waals surface area contributed by atoms with Crippen LogP contribution in [0.15, 0.2) is 72.9 Å². The van der Waals surface area contributed by atoms with Crippen molar-refractivity contribution < 1.29 is 47.8 Å². The van der Waals surface area contributed by atoms with E-state index in [2.05, 4.69) is 31.3 Å². The van der Waals surface area contributed by atoms with Gasteiger partial charge < -0.3 is 25.2 Å². The number of phosphoric acid groups is 1. The highest BCUT2D eigenvalue weighted by Crippen LogP contribution is 2.43. The number of esters is 1. The molecule has 0 heterocycles. The second-order valence-corrected chi connectivity index (χ2v) is 16.2. The van der Waals surface area contributed by atoms with E-state index in [0.717, 1.165) is 31.8 Å². The van der Waals surface area contributed by atoms with Crippen LogP contribution in [0.2, 0.25) is 0 Å². The van der Waals surface area contributed by atoms with E-state index < -0.39 is 57.6 Å². The maximum Gasteiger partial charge on any atom is 0.472 e. The van der Waals surface area contributed by atoms with Crippen molar-refractivity contribution in [2.45, 2.75) is 180 Å². The van der Waals surface area contributed by atoms with Crippen LogP contribution in [0.5, 0.6) is 0 Å². The third-order valence-electron chi connectivity index (χ3n) is 9.30. The quantitative estimate of drug-likeness (QED) is 0.0153. The summed E-state index contributed by atoms with van der Waals surface area (Å²) in [4.78, 5) is 46.1. The van der Waals surface area contributed by atoms with Gasteiger partial charge in [0.1, 0.15) is 6.10 Å². The second kappa shape index (κ2) is 40.7. The maximum absolute atomic E-state index is 12.4. The monoisotopic (exact) mass is 836 g/mol. The van der Waals surface area contributed by atoms with Crippen LogP contribution in [-0.2, 0) is 32.7 Å². The lowest BCUT2D eigenvalue weighted by molar-refractivity contribution is -0.147. The van der Waals surface area contributed by atoms with Gasteiger partial charge in [-0.25, -0.2) is 14.2 Å². The van der Waals surface area contributed by atoms with Gasteiger partial charge in [0.25, 0.3) is 0 Å². The normalized spacial score (nSPS) is 14.4. The highest BCUT2D eigenvalue weighted by molar-refractivity contribution is 7.47. The van der Waals surface area contributed by atoms with Gasteiger partial charge in [-0.15, -0.1) is 0 Å². The number of phosphoric ester groups is 1. The lowest BCUT2D eigenvalue weighted by Gasteiger charge is -2.19. The first kappa shape index (κ1) is 54.9. The maximum atomic E-state index is 12.4. The Hall–Kier alpha value is -3.08. The molecule has 0 aliphatic carbocycles. The largest absolute Gasteiger partial charge is 0.480 e. The predicted octanol–water partition coefficient (Wildman–Crippen LogP) is 11.3. The Kier molecular flexibility index (Phi) is 38.5. The number of aliphatic carboxylic acids is 1. The fraction of sp³-hybridized carbons (Fsp3) is 0.674. The number of ether oxygens (including phenoxy) is 1. The van der Waals surface area contributed by atoms with E-state index in [-0.39, 0.29) is 6.42 Å². The minimum Gasteiger partial charge on any atom is -0.480 e. The van der Waals surface area contributed by atoms with Crippen molar-refractivity contribution in [3.63, 3.8) is 0 Å². The predicted molar refractivity (Wildman–Crippen MR) is 235 cm³/mol. The molecule has 1 amide bonds. The van der Waals surface area contributed by atoms with E-state index in [0.29, 0.717) is 6.42 Å². The third kappa shape index (κ3) is 38.4. The zero-order valence-corrected chi connectivity index (χ0v) is 36.7. The fourth-order valence-electron chi connectivity index (χ4n) is 5.85. The van der Waals surface area contributed by atoms with E-state index in [1.165, 1.54) is 122 Å². The fourth-order valence-corrected chi connectivity index (χ4v) is 6.62. The summed E-state index contributed by atoms with van der Waals surface area (Å²) in [7, 11) is -4.82. The Morgan fingerprint density at radius 2 is 1.00 bits per heavy atom. The average Bonchev–Trinajstić information content (AvgIpc) is 3.20. The van der Waals surface area contributed by atoms with E-state index in [4.69, 9.17) is 13.8 Å². The number of carboxylic acid groups (broad SMARTS) is 1. The SMILES string of the molecule is CCCCCCCCCC=CC=CC=CC=CC=CC=CC(=O)O[C@H](CO)COP(=O)(O)OC[C@H](NC(=O)CCCCCCCCCCCCCCCCC)C(=O)O. The molecule has 58 heavy (non-hydrogen) atoms. The number of hydrogen-bond donors (Lipinski definition) is 4. The first-order chi connectivity index (χ1) is 28.1. The molecule has 0 radical (unpaired) electrons. The third-order valence-corrected chi connectivity index (χ3v) is 10.2. The Morgan fingerprint density at radius 3 is 1.47 bits per heavy atom. The van der Waals surface area contributed by atoms with Crippen molar-refractivity contribution in [3.8, 4) is 0 Å². The molecule has 12 heteroatoms. The van der Waals surface area contributed by atoms with Gasteiger partial charge in [-0.2, -0.15) is 0 Å². The van der Waals surface area contributed by atoms with E-state index >= 15 is 0 Å². The van der Waals surface area contributed by atoms with Crippen LogP contribution < -0.4 is 5.32 Å². The van der Waals surface area contributed by atoms with Crippen molar-refractivity contribution in [2.75, 3.05) is 19.8 Å².